The smallest absolute Gasteiger partial charge is 0.407 e. The van der Waals surface area contributed by atoms with Crippen molar-refractivity contribution in [1.82, 2.24) is 5.32 Å². The molecule has 7 heteroatoms. The number of carbonyl (C=O) groups is 2. The predicted molar refractivity (Wildman–Crippen MR) is 111 cm³/mol. The monoisotopic (exact) mass is 410 g/mol. The van der Waals surface area contributed by atoms with Gasteiger partial charge in [0.1, 0.15) is 12.2 Å². The first-order valence-electron chi connectivity index (χ1n) is 10.3. The molecule has 0 aliphatic heterocycles. The third kappa shape index (κ3) is 9.15. The van der Waals surface area contributed by atoms with Gasteiger partial charge in [0.25, 0.3) is 0 Å². The topological polar surface area (TPSA) is 90.6 Å². The van der Waals surface area contributed by atoms with Crippen molar-refractivity contribution < 1.29 is 23.5 Å². The molecule has 1 aromatic carbocycles. The zero-order chi connectivity index (χ0) is 22.0. The predicted octanol–water partition coefficient (Wildman–Crippen LogP) is 4.66. The number of nitrogens with one attached hydrogen (secondary N) is 1. The summed E-state index contributed by atoms with van der Waals surface area (Å²) in [5, 5.41) is 2.67. The Morgan fingerprint density at radius 2 is 1.90 bits per heavy atom. The minimum Gasteiger partial charge on any atom is -0.488 e. The highest BCUT2D eigenvalue weighted by atomic mass is 19.1. The third-order valence-electron chi connectivity index (χ3n) is 4.46. The van der Waals surface area contributed by atoms with E-state index in [2.05, 4.69) is 12.2 Å². The molecule has 2 amide bonds. The van der Waals surface area contributed by atoms with Gasteiger partial charge in [-0.05, 0) is 57.6 Å². The molecule has 29 heavy (non-hydrogen) atoms. The van der Waals surface area contributed by atoms with E-state index in [9.17, 15) is 14.0 Å². The van der Waals surface area contributed by atoms with Crippen LogP contribution in [0.3, 0.4) is 0 Å². The van der Waals surface area contributed by atoms with Gasteiger partial charge in [0.15, 0.2) is 11.6 Å². The summed E-state index contributed by atoms with van der Waals surface area (Å²) in [5.41, 5.74) is 5.20. The van der Waals surface area contributed by atoms with Gasteiger partial charge in [0.05, 0.1) is 6.04 Å². The van der Waals surface area contributed by atoms with Crippen molar-refractivity contribution in [3.63, 3.8) is 0 Å². The normalized spacial score (nSPS) is 13.4. The van der Waals surface area contributed by atoms with Crippen LogP contribution < -0.4 is 15.8 Å². The Hall–Kier alpha value is -2.31. The molecule has 164 valence electrons. The second-order valence-corrected chi connectivity index (χ2v) is 8.21. The zero-order valence-electron chi connectivity index (χ0n) is 18.2. The lowest BCUT2D eigenvalue weighted by Gasteiger charge is -2.24. The molecule has 0 aromatic heterocycles. The molecule has 1 aromatic rings. The number of carbonyl (C=O) groups excluding carboxylic acids is 2. The highest BCUT2D eigenvalue weighted by Crippen LogP contribution is 2.31. The number of halogens is 1. The van der Waals surface area contributed by atoms with Gasteiger partial charge in [-0.2, -0.15) is 0 Å². The van der Waals surface area contributed by atoms with Crippen LogP contribution in [0, 0.1) is 5.82 Å². The second kappa shape index (κ2) is 11.6. The molecule has 0 aliphatic carbocycles. The summed E-state index contributed by atoms with van der Waals surface area (Å²) in [5.74, 6) is -0.598. The molecule has 1 rings (SSSR count). The number of alkyl carbamates (subject to hydrolysis) is 1. The molecule has 0 fully saturated rings. The summed E-state index contributed by atoms with van der Waals surface area (Å²) in [7, 11) is 0. The van der Waals surface area contributed by atoms with Crippen molar-refractivity contribution in [2.24, 2.45) is 5.73 Å². The number of benzene rings is 1. The van der Waals surface area contributed by atoms with Crippen molar-refractivity contribution in [2.45, 2.75) is 84.3 Å². The van der Waals surface area contributed by atoms with E-state index in [1.54, 1.807) is 39.0 Å². The maximum Gasteiger partial charge on any atom is 0.407 e. The molecule has 2 atom stereocenters. The molecular formula is C22H35FN2O4. The van der Waals surface area contributed by atoms with Crippen LogP contribution in [0.25, 0.3) is 0 Å². The number of amides is 2. The first-order chi connectivity index (χ1) is 13.6. The molecule has 0 saturated heterocycles. The van der Waals surface area contributed by atoms with E-state index in [1.807, 2.05) is 6.92 Å². The molecule has 3 N–H and O–H groups in total. The Morgan fingerprint density at radius 1 is 1.21 bits per heavy atom. The maximum atomic E-state index is 15.0. The van der Waals surface area contributed by atoms with Gasteiger partial charge in [-0.1, -0.05) is 32.4 Å². The Kier molecular flexibility index (Phi) is 9.92. The molecular weight excluding hydrogens is 375 g/mol. The van der Waals surface area contributed by atoms with Gasteiger partial charge in [0.2, 0.25) is 5.91 Å². The number of hydrogen-bond acceptors (Lipinski definition) is 4. The molecule has 6 nitrogen and oxygen atoms in total. The summed E-state index contributed by atoms with van der Waals surface area (Å²) in [6.45, 7) is 9.37. The fourth-order valence-electron chi connectivity index (χ4n) is 3.06. The van der Waals surface area contributed by atoms with Crippen molar-refractivity contribution in [3.05, 3.63) is 29.6 Å². The van der Waals surface area contributed by atoms with E-state index in [0.29, 0.717) is 5.56 Å². The largest absolute Gasteiger partial charge is 0.488 e. The lowest BCUT2D eigenvalue weighted by Crippen LogP contribution is -2.42. The molecule has 0 bridgehead atoms. The Balaban J connectivity index is 2.87. The van der Waals surface area contributed by atoms with Crippen LogP contribution in [0.15, 0.2) is 18.2 Å². The zero-order valence-corrected chi connectivity index (χ0v) is 18.2. The van der Waals surface area contributed by atoms with Crippen LogP contribution in [-0.4, -0.2) is 30.3 Å². The number of ether oxygens (including phenoxy) is 2. The van der Waals surface area contributed by atoms with Crippen LogP contribution >= 0.6 is 0 Å². The average molecular weight is 411 g/mol. The van der Waals surface area contributed by atoms with Gasteiger partial charge in [-0.25, -0.2) is 9.18 Å². The maximum absolute atomic E-state index is 15.0. The van der Waals surface area contributed by atoms with E-state index in [0.717, 1.165) is 19.3 Å². The molecule has 1 unspecified atom stereocenters. The number of nitrogens with two attached hydrogens (primary N) is 1. The lowest BCUT2D eigenvalue weighted by molar-refractivity contribution is -0.118. The van der Waals surface area contributed by atoms with Crippen molar-refractivity contribution >= 4 is 12.0 Å². The van der Waals surface area contributed by atoms with Gasteiger partial charge in [-0.3, -0.25) is 4.79 Å². The van der Waals surface area contributed by atoms with Crippen LogP contribution in [0.1, 0.15) is 78.2 Å². The van der Waals surface area contributed by atoms with Crippen molar-refractivity contribution in [3.8, 4) is 5.75 Å². The SMILES string of the molecule is CCCC(CC)c1cccc(OC[C@H](CCC(N)=O)NC(=O)OC(C)(C)C)c1F. The van der Waals surface area contributed by atoms with E-state index in [4.69, 9.17) is 15.2 Å². The lowest BCUT2D eigenvalue weighted by atomic mass is 9.91. The molecule has 0 aliphatic rings. The summed E-state index contributed by atoms with van der Waals surface area (Å²) in [6.07, 6.45) is 2.43. The van der Waals surface area contributed by atoms with Crippen molar-refractivity contribution in [2.75, 3.05) is 6.61 Å². The van der Waals surface area contributed by atoms with Gasteiger partial charge in [0, 0.05) is 6.42 Å². The molecule has 0 saturated carbocycles. The number of primary amides is 1. The van der Waals surface area contributed by atoms with Crippen LogP contribution in [0.5, 0.6) is 5.75 Å². The Bertz CT molecular complexity index is 673. The Labute approximate surface area is 173 Å². The quantitative estimate of drug-likeness (QED) is 0.555. The fraction of sp³-hybridized carbons (Fsp3) is 0.636. The molecule has 0 spiro atoms. The second-order valence-electron chi connectivity index (χ2n) is 8.21. The van der Waals surface area contributed by atoms with Crippen LogP contribution in [-0.2, 0) is 9.53 Å². The highest BCUT2D eigenvalue weighted by Gasteiger charge is 2.22. The Morgan fingerprint density at radius 3 is 2.45 bits per heavy atom. The minimum atomic E-state index is -0.659. The van der Waals surface area contributed by atoms with Gasteiger partial charge >= 0.3 is 6.09 Å². The van der Waals surface area contributed by atoms with Crippen LogP contribution in [0.4, 0.5) is 9.18 Å². The first-order valence-corrected chi connectivity index (χ1v) is 10.3. The fourth-order valence-corrected chi connectivity index (χ4v) is 3.06. The number of hydrogen-bond donors (Lipinski definition) is 2. The highest BCUT2D eigenvalue weighted by molar-refractivity contribution is 5.74. The van der Waals surface area contributed by atoms with E-state index < -0.39 is 23.6 Å². The summed E-state index contributed by atoms with van der Waals surface area (Å²) >= 11 is 0. The minimum absolute atomic E-state index is 0.00251. The van der Waals surface area contributed by atoms with E-state index in [1.165, 1.54) is 0 Å². The van der Waals surface area contributed by atoms with Crippen LogP contribution in [0.2, 0.25) is 0 Å². The van der Waals surface area contributed by atoms with Crippen molar-refractivity contribution in [1.29, 1.82) is 0 Å². The number of rotatable bonds is 11. The van der Waals surface area contributed by atoms with E-state index >= 15 is 0 Å². The first kappa shape index (κ1) is 24.7. The van der Waals surface area contributed by atoms with E-state index in [-0.39, 0.29) is 36.9 Å². The van der Waals surface area contributed by atoms with Gasteiger partial charge < -0.3 is 20.5 Å². The van der Waals surface area contributed by atoms with Gasteiger partial charge in [-0.15, -0.1) is 0 Å². The summed E-state index contributed by atoms with van der Waals surface area (Å²) in [6, 6.07) is 4.58. The summed E-state index contributed by atoms with van der Waals surface area (Å²) in [4.78, 5) is 23.2. The average Bonchev–Trinajstić information content (AvgIpc) is 2.61. The third-order valence-corrected chi connectivity index (χ3v) is 4.46. The molecule has 0 heterocycles. The standard InChI is InChI=1S/C22H35FN2O4/c1-6-9-15(7-2)17-10-8-11-18(20(17)23)28-14-16(12-13-19(24)26)25-21(27)29-22(3,4)5/h8,10-11,15-16H,6-7,9,12-14H2,1-5H3,(H2,24,26)(H,25,27)/t15?,16-/m0/s1. The summed E-state index contributed by atoms with van der Waals surface area (Å²) < 4.78 is 25.9. The molecule has 0 radical (unpaired) electrons.